The molecular formula is C61H70Br2IN15O6S3. The fourth-order valence-electron chi connectivity index (χ4n) is 11.1. The van der Waals surface area contributed by atoms with Gasteiger partial charge in [0, 0.05) is 91.6 Å². The van der Waals surface area contributed by atoms with Gasteiger partial charge in [0.15, 0.2) is 32.9 Å². The maximum absolute atomic E-state index is 11.7. The van der Waals surface area contributed by atoms with Crippen molar-refractivity contribution in [3.8, 4) is 17.2 Å². The molecule has 0 radical (unpaired) electrons. The van der Waals surface area contributed by atoms with Crippen LogP contribution in [0.25, 0.3) is 33.1 Å². The number of nitrogen functional groups attached to an aromatic ring is 3. The average Bonchev–Trinajstić information content (AvgIpc) is 2.13. The number of fused-ring (bicyclic) bond motifs is 3. The zero-order chi connectivity index (χ0) is 61.8. The predicted octanol–water partition coefficient (Wildman–Crippen LogP) is 11.1. The number of imidazole rings is 3. The molecule has 0 saturated carbocycles. The standard InChI is InChI=1S/C22H26IN5O3S.C20H22BrN5O2S.C19H22BrN5OS/c1-31-15-2-3-16(23)18(12-15)32-22-26-20-17(4-8-25-21(20)24)28(22)11-7-14-5-9-27(10-6-14)19(30)13-29;1-28-14-2-3-15(21)17(10-14)29-20-24-18-16(4-7-23-19(18)22)26(20)9-6-13-5-8-25(11-13)12-27;1-26-13-2-3-14(20)16(10-13)27-19-24-17-15(5-8-23-18(17)21)25(19)9-6-12-4-7-22-11-12/h2-4,8,12,14,29H,5-7,9-11,13H2,1H3,(H2,24,25);2-4,7,10,12-13H,5-6,8-9,11H2,1H3,(H2,22,23);2-3,5,8,10,12,22H,4,6-7,9,11H2,1H3,(H2,21,23). The molecule has 3 saturated heterocycles. The van der Waals surface area contributed by atoms with Crippen molar-refractivity contribution < 1.29 is 28.9 Å². The summed E-state index contributed by atoms with van der Waals surface area (Å²) in [5.41, 5.74) is 23.5. The number of pyridine rings is 3. The van der Waals surface area contributed by atoms with E-state index >= 15 is 0 Å². The van der Waals surface area contributed by atoms with Crippen LogP contribution in [0.15, 0.2) is 130 Å². The minimum atomic E-state index is -0.412. The number of likely N-dealkylation sites (tertiary alicyclic amines) is 2. The molecule has 8 N–H and O–H groups in total. The Bertz CT molecular complexity index is 3900. The van der Waals surface area contributed by atoms with E-state index in [1.54, 1.807) is 80.1 Å². The van der Waals surface area contributed by atoms with Crippen molar-refractivity contribution in [2.45, 2.75) is 94.7 Å². The molecule has 9 heterocycles. The van der Waals surface area contributed by atoms with Gasteiger partial charge in [0.05, 0.1) is 37.9 Å². The van der Waals surface area contributed by atoms with Crippen LogP contribution in [0.2, 0.25) is 0 Å². The van der Waals surface area contributed by atoms with Crippen LogP contribution in [0.4, 0.5) is 17.5 Å². The molecular weight excluding hydrogens is 1420 g/mol. The molecule has 2 amide bonds. The van der Waals surface area contributed by atoms with Gasteiger partial charge in [0.2, 0.25) is 12.3 Å². The number of carbonyl (C=O) groups excluding carboxylic acids is 2. The molecule has 9 aromatic rings. The zero-order valence-corrected chi connectivity index (χ0v) is 56.8. The first kappa shape index (κ1) is 64.9. The third-order valence-electron chi connectivity index (χ3n) is 16.0. The van der Waals surface area contributed by atoms with E-state index in [-0.39, 0.29) is 5.91 Å². The Labute approximate surface area is 553 Å². The van der Waals surface area contributed by atoms with Crippen LogP contribution in [0, 0.1) is 21.3 Å². The SMILES string of the molecule is COc1ccc(Br)c(Sc2nc3c(N)nccc3n2CCC2CCN(C=O)C2)c1.COc1ccc(Br)c(Sc2nc3c(N)nccc3n2CCC2CCNC2)c1.COc1ccc(I)c(Sc2nc3c(N)nccc3n2CCC2CCN(C(=O)CO)CC2)c1. The fourth-order valence-corrected chi connectivity index (χ4v) is 15.6. The van der Waals surface area contributed by atoms with Crippen molar-refractivity contribution in [2.75, 3.05) is 84.4 Å². The van der Waals surface area contributed by atoms with Crippen molar-refractivity contribution in [2.24, 2.45) is 17.8 Å². The zero-order valence-electron chi connectivity index (χ0n) is 49.0. The van der Waals surface area contributed by atoms with Gasteiger partial charge in [-0.1, -0.05) is 35.3 Å². The van der Waals surface area contributed by atoms with Crippen LogP contribution >= 0.6 is 89.7 Å². The molecule has 6 aromatic heterocycles. The number of aliphatic hydroxyl groups excluding tert-OH is 1. The molecule has 2 unspecified atom stereocenters. The Balaban J connectivity index is 0.000000146. The Kier molecular flexibility index (Phi) is 22.6. The molecule has 3 aliphatic heterocycles. The van der Waals surface area contributed by atoms with Crippen molar-refractivity contribution in [1.82, 2.24) is 58.7 Å². The van der Waals surface area contributed by atoms with Crippen molar-refractivity contribution >= 4 is 153 Å². The van der Waals surface area contributed by atoms with Crippen LogP contribution in [-0.4, -0.2) is 138 Å². The van der Waals surface area contributed by atoms with Gasteiger partial charge in [-0.3, -0.25) is 9.59 Å². The molecule has 0 bridgehead atoms. The highest BCUT2D eigenvalue weighted by molar-refractivity contribution is 14.1. The number of ether oxygens (including phenoxy) is 3. The smallest absolute Gasteiger partial charge is 0.248 e. The highest BCUT2D eigenvalue weighted by Crippen LogP contribution is 2.41. The lowest BCUT2D eigenvalue weighted by atomic mass is 9.93. The molecule has 3 aromatic carbocycles. The van der Waals surface area contributed by atoms with Gasteiger partial charge >= 0.3 is 0 Å². The first-order chi connectivity index (χ1) is 42.7. The number of halogens is 3. The third kappa shape index (κ3) is 15.7. The molecule has 0 spiro atoms. The van der Waals surface area contributed by atoms with Crippen LogP contribution < -0.4 is 36.7 Å². The fraction of sp³-hybridized carbons (Fsp3) is 0.377. The van der Waals surface area contributed by atoms with Crippen LogP contribution in [-0.2, 0) is 29.2 Å². The summed E-state index contributed by atoms with van der Waals surface area (Å²) in [6.07, 6.45) is 13.4. The van der Waals surface area contributed by atoms with Crippen LogP contribution in [0.1, 0.15) is 44.9 Å². The lowest BCUT2D eigenvalue weighted by molar-refractivity contribution is -0.135. The number of nitrogens with one attached hydrogen (secondary N) is 1. The molecule has 0 aliphatic carbocycles. The Morgan fingerprint density at radius 2 is 1.06 bits per heavy atom. The van der Waals surface area contributed by atoms with Gasteiger partial charge in [0.25, 0.3) is 0 Å². The van der Waals surface area contributed by atoms with Crippen LogP contribution in [0.3, 0.4) is 0 Å². The van der Waals surface area contributed by atoms with Gasteiger partial charge < -0.3 is 65.3 Å². The first-order valence-electron chi connectivity index (χ1n) is 28.9. The number of nitrogens with two attached hydrogens (primary N) is 3. The predicted molar refractivity (Wildman–Crippen MR) is 362 cm³/mol. The molecule has 12 rings (SSSR count). The van der Waals surface area contributed by atoms with Gasteiger partial charge in [-0.2, -0.15) is 0 Å². The number of amides is 2. The molecule has 3 fully saturated rings. The molecule has 88 heavy (non-hydrogen) atoms. The summed E-state index contributed by atoms with van der Waals surface area (Å²) < 4.78 is 25.9. The normalized spacial score (nSPS) is 16.0. The number of aliphatic hydroxyl groups is 1. The summed E-state index contributed by atoms with van der Waals surface area (Å²) >= 11 is 14.4. The van der Waals surface area contributed by atoms with Gasteiger partial charge in [-0.15, -0.1) is 0 Å². The Morgan fingerprint density at radius 3 is 1.49 bits per heavy atom. The number of benzene rings is 3. The van der Waals surface area contributed by atoms with E-state index in [4.69, 9.17) is 51.5 Å². The summed E-state index contributed by atoms with van der Waals surface area (Å²) in [6, 6.07) is 23.7. The second-order valence-corrected chi connectivity index (χ2v) is 27.4. The van der Waals surface area contributed by atoms with Crippen molar-refractivity contribution in [3.63, 3.8) is 0 Å². The number of nitrogens with zero attached hydrogens (tertiary/aromatic N) is 11. The summed E-state index contributed by atoms with van der Waals surface area (Å²) in [5.74, 6) is 5.30. The third-order valence-corrected chi connectivity index (χ3v) is 22.4. The molecule has 3 aliphatic rings. The lowest BCUT2D eigenvalue weighted by Gasteiger charge is -2.31. The lowest BCUT2D eigenvalue weighted by Crippen LogP contribution is -2.40. The number of hydrogen-bond donors (Lipinski definition) is 5. The number of anilines is 3. The van der Waals surface area contributed by atoms with Gasteiger partial charge in [-0.25, -0.2) is 29.9 Å². The van der Waals surface area contributed by atoms with Crippen molar-refractivity contribution in [3.05, 3.63) is 104 Å². The summed E-state index contributed by atoms with van der Waals surface area (Å²) in [5, 5.41) is 15.2. The van der Waals surface area contributed by atoms with E-state index in [0.717, 1.165) is 184 Å². The number of rotatable bonds is 20. The average molecular weight is 1490 g/mol. The number of aromatic nitrogens is 9. The highest BCUT2D eigenvalue weighted by atomic mass is 127. The van der Waals surface area contributed by atoms with E-state index in [9.17, 15) is 9.59 Å². The number of methoxy groups -OCH3 is 3. The first-order valence-corrected chi connectivity index (χ1v) is 34.0. The molecule has 2 atom stereocenters. The number of carbonyl (C=O) groups is 2. The van der Waals surface area contributed by atoms with E-state index in [0.29, 0.717) is 48.3 Å². The summed E-state index contributed by atoms with van der Waals surface area (Å²) in [6.45, 7) is 7.40. The van der Waals surface area contributed by atoms with Gasteiger partial charge in [0.1, 0.15) is 40.4 Å². The largest absolute Gasteiger partial charge is 0.497 e. The van der Waals surface area contributed by atoms with Gasteiger partial charge in [-0.05, 0) is 203 Å². The number of aryl methyl sites for hydroxylation is 3. The second kappa shape index (κ2) is 30.6. The summed E-state index contributed by atoms with van der Waals surface area (Å²) in [7, 11) is 5.00. The maximum Gasteiger partial charge on any atom is 0.248 e. The Morgan fingerprint density at radius 1 is 0.625 bits per heavy atom. The minimum absolute atomic E-state index is 0.182. The summed E-state index contributed by atoms with van der Waals surface area (Å²) in [4.78, 5) is 56.5. The van der Waals surface area contributed by atoms with Crippen molar-refractivity contribution in [1.29, 1.82) is 0 Å². The minimum Gasteiger partial charge on any atom is -0.497 e. The molecule has 27 heteroatoms. The van der Waals surface area contributed by atoms with E-state index in [2.05, 4.69) is 88.4 Å². The quantitative estimate of drug-likeness (QED) is 0.0350. The number of hydrogen-bond acceptors (Lipinski definition) is 19. The topological polar surface area (TPSA) is 271 Å². The van der Waals surface area contributed by atoms with E-state index in [1.165, 1.54) is 6.42 Å². The number of piperidine rings is 1. The van der Waals surface area contributed by atoms with E-state index in [1.807, 2.05) is 77.7 Å². The second-order valence-electron chi connectivity index (χ2n) is 21.5. The molecule has 21 nitrogen and oxygen atoms in total. The highest BCUT2D eigenvalue weighted by Gasteiger charge is 2.26. The Hall–Kier alpha value is -6.08. The van der Waals surface area contributed by atoms with Crippen LogP contribution in [0.5, 0.6) is 17.2 Å². The molecule has 464 valence electrons. The van der Waals surface area contributed by atoms with E-state index < -0.39 is 6.61 Å². The maximum atomic E-state index is 11.7. The monoisotopic (exact) mass is 1490 g/mol.